The minimum Gasteiger partial charge on any atom is -0.382 e. The average molecular weight is 360 g/mol. The Morgan fingerprint density at radius 2 is 1.81 bits per heavy atom. The average Bonchev–Trinajstić information content (AvgIpc) is 3.04. The lowest BCUT2D eigenvalue weighted by Gasteiger charge is -2.19. The van der Waals surface area contributed by atoms with Crippen molar-refractivity contribution in [2.45, 2.75) is 13.8 Å². The zero-order valence-corrected chi connectivity index (χ0v) is 15.2. The maximum absolute atomic E-state index is 6.21. The third-order valence-corrected chi connectivity index (χ3v) is 4.51. The Morgan fingerprint density at radius 3 is 2.56 bits per heavy atom. The van der Waals surface area contributed by atoms with E-state index in [0.29, 0.717) is 22.7 Å². The molecular formula is C19H20N8. The summed E-state index contributed by atoms with van der Waals surface area (Å²) in [6.45, 7) is 5.92. The lowest BCUT2D eigenvalue weighted by Crippen LogP contribution is -2.23. The Labute approximate surface area is 156 Å². The quantitative estimate of drug-likeness (QED) is 0.584. The Hall–Kier alpha value is -3.55. The van der Waals surface area contributed by atoms with Crippen molar-refractivity contribution in [1.29, 1.82) is 0 Å². The molecule has 8 heteroatoms. The molecule has 0 aliphatic carbocycles. The van der Waals surface area contributed by atoms with Gasteiger partial charge in [-0.05, 0) is 31.5 Å². The maximum Gasteiger partial charge on any atom is 0.166 e. The van der Waals surface area contributed by atoms with Crippen molar-refractivity contribution in [3.05, 3.63) is 49.3 Å². The summed E-state index contributed by atoms with van der Waals surface area (Å²) in [5.74, 6) is 1.25. The highest BCUT2D eigenvalue weighted by Gasteiger charge is 2.17. The number of nitrogen functional groups attached to an aromatic ring is 1. The molecular weight excluding hydrogens is 340 g/mol. The van der Waals surface area contributed by atoms with Crippen molar-refractivity contribution < 1.29 is 0 Å². The van der Waals surface area contributed by atoms with E-state index in [9.17, 15) is 0 Å². The molecule has 4 rings (SSSR count). The summed E-state index contributed by atoms with van der Waals surface area (Å²) in [5.41, 5.74) is 10.2. The van der Waals surface area contributed by atoms with E-state index in [4.69, 9.17) is 5.73 Å². The van der Waals surface area contributed by atoms with E-state index < -0.39 is 0 Å². The van der Waals surface area contributed by atoms with Crippen LogP contribution in [0.1, 0.15) is 13.8 Å². The first-order valence-electron chi connectivity index (χ1n) is 8.82. The third-order valence-electron chi connectivity index (χ3n) is 4.51. The van der Waals surface area contributed by atoms with Crippen LogP contribution in [0.25, 0.3) is 28.0 Å². The molecule has 27 heavy (non-hydrogen) atoms. The van der Waals surface area contributed by atoms with E-state index in [2.05, 4.69) is 43.8 Å². The second-order valence-electron chi connectivity index (χ2n) is 6.04. The summed E-state index contributed by atoms with van der Waals surface area (Å²) in [5, 5.41) is 4.43. The number of aromatic nitrogens is 6. The topological polar surface area (TPSA) is 98.1 Å². The van der Waals surface area contributed by atoms with Crippen molar-refractivity contribution in [1.82, 2.24) is 29.5 Å². The molecule has 0 aliphatic rings. The molecule has 0 amide bonds. The minimum atomic E-state index is 0.388. The van der Waals surface area contributed by atoms with E-state index in [-0.39, 0.29) is 0 Å². The van der Waals surface area contributed by atoms with Crippen molar-refractivity contribution in [3.63, 3.8) is 0 Å². The third kappa shape index (κ3) is 3.05. The molecule has 136 valence electrons. The lowest BCUT2D eigenvalue weighted by atomic mass is 10.1. The first-order valence-corrected chi connectivity index (χ1v) is 8.82. The Morgan fingerprint density at radius 1 is 1.04 bits per heavy atom. The molecule has 0 spiro atoms. The lowest BCUT2D eigenvalue weighted by molar-refractivity contribution is 0.842. The number of pyridine rings is 1. The van der Waals surface area contributed by atoms with Gasteiger partial charge in [0.1, 0.15) is 12.1 Å². The molecule has 0 unspecified atom stereocenters. The fourth-order valence-corrected chi connectivity index (χ4v) is 3.10. The molecule has 4 heterocycles. The van der Waals surface area contributed by atoms with Crippen molar-refractivity contribution in [2.75, 3.05) is 23.7 Å². The number of hydrogen-bond donors (Lipinski definition) is 1. The summed E-state index contributed by atoms with van der Waals surface area (Å²) >= 11 is 0. The van der Waals surface area contributed by atoms with Gasteiger partial charge in [0.25, 0.3) is 0 Å². The summed E-state index contributed by atoms with van der Waals surface area (Å²) in [7, 11) is 0. The van der Waals surface area contributed by atoms with Gasteiger partial charge in [-0.1, -0.05) is 0 Å². The predicted molar refractivity (Wildman–Crippen MR) is 105 cm³/mol. The van der Waals surface area contributed by atoms with Crippen LogP contribution in [0, 0.1) is 0 Å². The van der Waals surface area contributed by atoms with Crippen LogP contribution in [0.15, 0.2) is 49.3 Å². The van der Waals surface area contributed by atoms with Crippen molar-refractivity contribution >= 4 is 17.3 Å². The van der Waals surface area contributed by atoms with Crippen LogP contribution in [0.2, 0.25) is 0 Å². The van der Waals surface area contributed by atoms with Gasteiger partial charge >= 0.3 is 0 Å². The molecule has 0 bridgehead atoms. The number of nitrogens with two attached hydrogens (primary N) is 1. The first-order chi connectivity index (χ1) is 13.2. The standard InChI is InChI=1S/C19H20N8/c1-3-26(4-2)16-9-15(23-12-24-16)17-18(20)25-27-11-14(10-22-19(17)27)13-5-7-21-8-6-13/h5-12H,3-4H2,1-2H3,(H2,20,25). The Balaban J connectivity index is 1.81. The van der Waals surface area contributed by atoms with Crippen LogP contribution >= 0.6 is 0 Å². The second kappa shape index (κ2) is 6.99. The van der Waals surface area contributed by atoms with Crippen LogP contribution < -0.4 is 10.6 Å². The van der Waals surface area contributed by atoms with Crippen molar-refractivity contribution in [2.24, 2.45) is 0 Å². The van der Waals surface area contributed by atoms with Gasteiger partial charge in [0.2, 0.25) is 0 Å². The molecule has 2 N–H and O–H groups in total. The largest absolute Gasteiger partial charge is 0.382 e. The molecule has 0 fully saturated rings. The van der Waals surface area contributed by atoms with Crippen LogP contribution in [0.4, 0.5) is 11.6 Å². The number of rotatable bonds is 5. The van der Waals surface area contributed by atoms with E-state index in [0.717, 1.165) is 30.0 Å². The monoisotopic (exact) mass is 360 g/mol. The van der Waals surface area contributed by atoms with Crippen LogP contribution in [-0.4, -0.2) is 42.6 Å². The molecule has 0 saturated carbocycles. The van der Waals surface area contributed by atoms with E-state index in [1.165, 1.54) is 0 Å². The molecule has 0 atom stereocenters. The highest BCUT2D eigenvalue weighted by Crippen LogP contribution is 2.30. The first kappa shape index (κ1) is 16.9. The minimum absolute atomic E-state index is 0.388. The van der Waals surface area contributed by atoms with E-state index >= 15 is 0 Å². The fraction of sp³-hybridized carbons (Fsp3) is 0.211. The summed E-state index contributed by atoms with van der Waals surface area (Å²) in [6, 6.07) is 5.79. The molecule has 8 nitrogen and oxygen atoms in total. The van der Waals surface area contributed by atoms with Gasteiger partial charge in [-0.25, -0.2) is 19.5 Å². The van der Waals surface area contributed by atoms with Gasteiger partial charge < -0.3 is 10.6 Å². The highest BCUT2D eigenvalue weighted by molar-refractivity contribution is 5.85. The van der Waals surface area contributed by atoms with Crippen molar-refractivity contribution in [3.8, 4) is 22.4 Å². The number of fused-ring (bicyclic) bond motifs is 1. The fourth-order valence-electron chi connectivity index (χ4n) is 3.10. The van der Waals surface area contributed by atoms with Crippen LogP contribution in [0.5, 0.6) is 0 Å². The molecule has 0 radical (unpaired) electrons. The number of hydrogen-bond acceptors (Lipinski definition) is 7. The second-order valence-corrected chi connectivity index (χ2v) is 6.04. The molecule has 4 aromatic heterocycles. The van der Waals surface area contributed by atoms with Gasteiger partial charge in [0, 0.05) is 49.5 Å². The SMILES string of the molecule is CCN(CC)c1cc(-c2c(N)nn3cc(-c4ccncc4)cnc23)ncn1. The normalized spacial score (nSPS) is 11.0. The van der Waals surface area contributed by atoms with Gasteiger partial charge in [-0.2, -0.15) is 0 Å². The summed E-state index contributed by atoms with van der Waals surface area (Å²) in [4.78, 5) is 19.6. The van der Waals surface area contributed by atoms with E-state index in [1.54, 1.807) is 23.2 Å². The maximum atomic E-state index is 6.21. The predicted octanol–water partition coefficient (Wildman–Crippen LogP) is 2.68. The number of nitrogens with zero attached hydrogens (tertiary/aromatic N) is 7. The molecule has 0 saturated heterocycles. The zero-order valence-electron chi connectivity index (χ0n) is 15.2. The Kier molecular flexibility index (Phi) is 4.37. The van der Waals surface area contributed by atoms with Crippen LogP contribution in [-0.2, 0) is 0 Å². The molecule has 0 aromatic carbocycles. The smallest absolute Gasteiger partial charge is 0.166 e. The zero-order chi connectivity index (χ0) is 18.8. The highest BCUT2D eigenvalue weighted by atomic mass is 15.3. The van der Waals surface area contributed by atoms with Crippen LogP contribution in [0.3, 0.4) is 0 Å². The number of anilines is 2. The molecule has 0 aliphatic heterocycles. The molecule has 4 aromatic rings. The van der Waals surface area contributed by atoms with Gasteiger partial charge in [0.05, 0.1) is 11.3 Å². The van der Waals surface area contributed by atoms with Gasteiger partial charge in [-0.3, -0.25) is 4.98 Å². The Bertz CT molecular complexity index is 1070. The summed E-state index contributed by atoms with van der Waals surface area (Å²) in [6.07, 6.45) is 8.76. The van der Waals surface area contributed by atoms with Gasteiger partial charge in [0.15, 0.2) is 11.5 Å². The summed E-state index contributed by atoms with van der Waals surface area (Å²) < 4.78 is 1.69. The van der Waals surface area contributed by atoms with Gasteiger partial charge in [-0.15, -0.1) is 5.10 Å². The van der Waals surface area contributed by atoms with E-state index in [1.807, 2.05) is 30.6 Å².